The van der Waals surface area contributed by atoms with Crippen LogP contribution in [0.1, 0.15) is 16.7 Å². The number of nitrogens with zero attached hydrogens (tertiary/aromatic N) is 2. The molecule has 6 heteroatoms. The lowest BCUT2D eigenvalue weighted by Crippen LogP contribution is -2.01. The summed E-state index contributed by atoms with van der Waals surface area (Å²) in [6, 6.07) is 5.03. The molecule has 0 saturated carbocycles. The van der Waals surface area contributed by atoms with Gasteiger partial charge in [-0.05, 0) is 43.5 Å². The number of aryl methyl sites for hydroxylation is 3. The molecule has 2 rings (SSSR count). The summed E-state index contributed by atoms with van der Waals surface area (Å²) >= 11 is 0. The standard InChI is InChI=1S/C14H15N3O3/c1-8-6-10(3)13(11(7-8)17(18)19)20-14-12(15)9(2)4-5-16-14/h4-7H,15H2,1-3H3. The molecule has 0 aliphatic heterocycles. The third-order valence-electron chi connectivity index (χ3n) is 2.97. The Morgan fingerprint density at radius 1 is 1.25 bits per heavy atom. The highest BCUT2D eigenvalue weighted by Crippen LogP contribution is 2.37. The zero-order valence-corrected chi connectivity index (χ0v) is 11.5. The van der Waals surface area contributed by atoms with E-state index in [-0.39, 0.29) is 17.3 Å². The summed E-state index contributed by atoms with van der Waals surface area (Å²) in [5.41, 5.74) is 8.44. The predicted octanol–water partition coefficient (Wildman–Crippen LogP) is 3.29. The van der Waals surface area contributed by atoms with Gasteiger partial charge in [-0.2, -0.15) is 0 Å². The molecule has 104 valence electrons. The molecule has 2 aromatic rings. The number of hydrogen-bond acceptors (Lipinski definition) is 5. The zero-order chi connectivity index (χ0) is 14.9. The lowest BCUT2D eigenvalue weighted by atomic mass is 10.1. The minimum absolute atomic E-state index is 0.0924. The molecule has 2 N–H and O–H groups in total. The van der Waals surface area contributed by atoms with Crippen molar-refractivity contribution in [3.8, 4) is 11.6 Å². The fourth-order valence-corrected chi connectivity index (χ4v) is 1.92. The average Bonchev–Trinajstić information content (AvgIpc) is 2.37. The van der Waals surface area contributed by atoms with Gasteiger partial charge in [-0.15, -0.1) is 0 Å². The van der Waals surface area contributed by atoms with Crippen molar-refractivity contribution in [3.63, 3.8) is 0 Å². The normalized spacial score (nSPS) is 10.3. The Morgan fingerprint density at radius 2 is 1.95 bits per heavy atom. The first-order chi connectivity index (χ1) is 9.40. The molecule has 20 heavy (non-hydrogen) atoms. The van der Waals surface area contributed by atoms with E-state index >= 15 is 0 Å². The van der Waals surface area contributed by atoms with E-state index in [2.05, 4.69) is 4.98 Å². The third kappa shape index (κ3) is 2.54. The monoisotopic (exact) mass is 273 g/mol. The number of aromatic nitrogens is 1. The Morgan fingerprint density at radius 3 is 2.60 bits per heavy atom. The fourth-order valence-electron chi connectivity index (χ4n) is 1.92. The van der Waals surface area contributed by atoms with E-state index in [0.717, 1.165) is 11.1 Å². The van der Waals surface area contributed by atoms with Gasteiger partial charge in [0.05, 0.1) is 10.6 Å². The molecule has 0 bridgehead atoms. The number of nitrogens with two attached hydrogens (primary N) is 1. The lowest BCUT2D eigenvalue weighted by molar-refractivity contribution is -0.385. The minimum Gasteiger partial charge on any atom is -0.429 e. The van der Waals surface area contributed by atoms with Gasteiger partial charge in [0, 0.05) is 12.3 Å². The molecule has 1 aromatic heterocycles. The summed E-state index contributed by atoms with van der Waals surface area (Å²) in [5, 5.41) is 11.1. The lowest BCUT2D eigenvalue weighted by Gasteiger charge is -2.11. The van der Waals surface area contributed by atoms with Gasteiger partial charge in [0.1, 0.15) is 0 Å². The smallest absolute Gasteiger partial charge is 0.312 e. The third-order valence-corrected chi connectivity index (χ3v) is 2.97. The average molecular weight is 273 g/mol. The maximum atomic E-state index is 11.1. The number of rotatable bonds is 3. The summed E-state index contributed by atoms with van der Waals surface area (Å²) in [7, 11) is 0. The fraction of sp³-hybridized carbons (Fsp3) is 0.214. The number of nitro benzene ring substituents is 1. The van der Waals surface area contributed by atoms with E-state index in [1.165, 1.54) is 6.07 Å². The van der Waals surface area contributed by atoms with E-state index in [4.69, 9.17) is 10.5 Å². The van der Waals surface area contributed by atoms with Gasteiger partial charge in [0.15, 0.2) is 0 Å². The van der Waals surface area contributed by atoms with Gasteiger partial charge < -0.3 is 10.5 Å². The van der Waals surface area contributed by atoms with Crippen molar-refractivity contribution in [2.75, 3.05) is 5.73 Å². The first-order valence-corrected chi connectivity index (χ1v) is 6.04. The van der Waals surface area contributed by atoms with Gasteiger partial charge in [0.2, 0.25) is 11.6 Å². The Labute approximate surface area is 116 Å². The quantitative estimate of drug-likeness (QED) is 0.684. The molecular weight excluding hydrogens is 258 g/mol. The Bertz CT molecular complexity index is 684. The van der Waals surface area contributed by atoms with Crippen LogP contribution in [0.2, 0.25) is 0 Å². The topological polar surface area (TPSA) is 91.3 Å². The number of ether oxygens (including phenoxy) is 1. The minimum atomic E-state index is -0.471. The van der Waals surface area contributed by atoms with Crippen molar-refractivity contribution in [1.29, 1.82) is 0 Å². The van der Waals surface area contributed by atoms with Crippen LogP contribution in [0.4, 0.5) is 11.4 Å². The van der Waals surface area contributed by atoms with Crippen LogP contribution in [-0.2, 0) is 0 Å². The first kappa shape index (κ1) is 13.8. The molecule has 1 heterocycles. The van der Waals surface area contributed by atoms with Crippen molar-refractivity contribution in [2.45, 2.75) is 20.8 Å². The van der Waals surface area contributed by atoms with E-state index in [1.54, 1.807) is 26.1 Å². The molecule has 0 aliphatic rings. The van der Waals surface area contributed by atoms with E-state index in [1.807, 2.05) is 13.0 Å². The molecule has 1 aromatic carbocycles. The summed E-state index contributed by atoms with van der Waals surface area (Å²) in [5.74, 6) is 0.352. The van der Waals surface area contributed by atoms with Crippen molar-refractivity contribution in [3.05, 3.63) is 51.2 Å². The van der Waals surface area contributed by atoms with Crippen molar-refractivity contribution in [2.24, 2.45) is 0 Å². The summed E-state index contributed by atoms with van der Waals surface area (Å²) < 4.78 is 5.59. The molecule has 6 nitrogen and oxygen atoms in total. The van der Waals surface area contributed by atoms with Crippen LogP contribution in [0.15, 0.2) is 24.4 Å². The highest BCUT2D eigenvalue weighted by molar-refractivity contribution is 5.59. The molecule has 0 atom stereocenters. The van der Waals surface area contributed by atoms with E-state index in [9.17, 15) is 10.1 Å². The largest absolute Gasteiger partial charge is 0.429 e. The van der Waals surface area contributed by atoms with Crippen molar-refractivity contribution < 1.29 is 9.66 Å². The van der Waals surface area contributed by atoms with Crippen LogP contribution in [0, 0.1) is 30.9 Å². The van der Waals surface area contributed by atoms with Gasteiger partial charge >= 0.3 is 5.69 Å². The maximum absolute atomic E-state index is 11.1. The van der Waals surface area contributed by atoms with Crippen molar-refractivity contribution in [1.82, 2.24) is 4.98 Å². The zero-order valence-electron chi connectivity index (χ0n) is 11.5. The van der Waals surface area contributed by atoms with Crippen LogP contribution in [-0.4, -0.2) is 9.91 Å². The summed E-state index contributed by atoms with van der Waals surface area (Å²) in [6.07, 6.45) is 1.55. The second-order valence-corrected chi connectivity index (χ2v) is 4.64. The molecular formula is C14H15N3O3. The van der Waals surface area contributed by atoms with Gasteiger partial charge in [0.25, 0.3) is 0 Å². The summed E-state index contributed by atoms with van der Waals surface area (Å²) in [4.78, 5) is 14.7. The summed E-state index contributed by atoms with van der Waals surface area (Å²) in [6.45, 7) is 5.37. The number of nitro groups is 1. The Hall–Kier alpha value is -2.63. The van der Waals surface area contributed by atoms with E-state index in [0.29, 0.717) is 11.3 Å². The SMILES string of the molecule is Cc1cc(C)c(Oc2nccc(C)c2N)c([N+](=O)[O-])c1. The Balaban J connectivity index is 2.53. The van der Waals surface area contributed by atoms with Crippen LogP contribution in [0.3, 0.4) is 0 Å². The molecule has 0 saturated heterocycles. The molecule has 0 aliphatic carbocycles. The number of anilines is 1. The number of pyridine rings is 1. The van der Waals surface area contributed by atoms with Gasteiger partial charge in [-0.1, -0.05) is 6.07 Å². The molecule has 0 fully saturated rings. The molecule has 0 spiro atoms. The van der Waals surface area contributed by atoms with E-state index < -0.39 is 4.92 Å². The molecule has 0 amide bonds. The Kier molecular flexibility index (Phi) is 3.56. The number of hydrogen-bond donors (Lipinski definition) is 1. The van der Waals surface area contributed by atoms with Crippen LogP contribution < -0.4 is 10.5 Å². The highest BCUT2D eigenvalue weighted by Gasteiger charge is 2.20. The van der Waals surface area contributed by atoms with Crippen molar-refractivity contribution >= 4 is 11.4 Å². The van der Waals surface area contributed by atoms with Crippen LogP contribution >= 0.6 is 0 Å². The second kappa shape index (κ2) is 5.16. The first-order valence-electron chi connectivity index (χ1n) is 6.04. The van der Waals surface area contributed by atoms with Crippen LogP contribution in [0.25, 0.3) is 0 Å². The van der Waals surface area contributed by atoms with Gasteiger partial charge in [-0.25, -0.2) is 4.98 Å². The second-order valence-electron chi connectivity index (χ2n) is 4.64. The molecule has 0 unspecified atom stereocenters. The highest BCUT2D eigenvalue weighted by atomic mass is 16.6. The predicted molar refractivity (Wildman–Crippen MR) is 76.0 cm³/mol. The van der Waals surface area contributed by atoms with Gasteiger partial charge in [-0.3, -0.25) is 10.1 Å². The molecule has 0 radical (unpaired) electrons. The number of nitrogen functional groups attached to an aromatic ring is 1. The maximum Gasteiger partial charge on any atom is 0.312 e. The number of benzene rings is 1. The van der Waals surface area contributed by atoms with Crippen LogP contribution in [0.5, 0.6) is 11.6 Å².